The third-order valence-corrected chi connectivity index (χ3v) is 5.96. The summed E-state index contributed by atoms with van der Waals surface area (Å²) in [7, 11) is 0. The van der Waals surface area contributed by atoms with Crippen LogP contribution in [0.1, 0.15) is 11.5 Å². The first-order chi connectivity index (χ1) is 14.5. The Kier molecular flexibility index (Phi) is 6.02. The Hall–Kier alpha value is -2.89. The van der Waals surface area contributed by atoms with Gasteiger partial charge in [-0.1, -0.05) is 34.7 Å². The van der Waals surface area contributed by atoms with Gasteiger partial charge in [0.15, 0.2) is 16.6 Å². The average molecular weight is 464 g/mol. The molecule has 9 nitrogen and oxygen atoms in total. The molecule has 3 aromatic heterocycles. The second-order valence-electron chi connectivity index (χ2n) is 6.04. The molecule has 0 fully saturated rings. The lowest BCUT2D eigenvalue weighted by Crippen LogP contribution is -2.20. The maximum atomic E-state index is 12.1. The number of hydrogen-bond acceptors (Lipinski definition) is 9. The van der Waals surface area contributed by atoms with Gasteiger partial charge in [-0.2, -0.15) is 0 Å². The van der Waals surface area contributed by atoms with E-state index in [1.165, 1.54) is 29.2 Å². The molecule has 154 valence electrons. The van der Waals surface area contributed by atoms with Gasteiger partial charge in [0, 0.05) is 22.9 Å². The summed E-state index contributed by atoms with van der Waals surface area (Å²) in [6.45, 7) is 1.59. The van der Waals surface area contributed by atoms with E-state index in [9.17, 15) is 9.59 Å². The van der Waals surface area contributed by atoms with E-state index in [0.717, 1.165) is 4.57 Å². The number of rotatable bonds is 7. The highest BCUT2D eigenvalue weighted by atomic mass is 35.5. The standard InChI is InChI=1S/C18H14ClN5O4S2/c1-10-6-14-20-12(7-16(26)24(14)28-10)9-29-18-23-22-17(30-18)21-15(25)8-27-13-4-2-11(19)3-5-13/h2-7H,8-9H2,1H3,(H,21,22,25). The highest BCUT2D eigenvalue weighted by Crippen LogP contribution is 2.27. The maximum Gasteiger partial charge on any atom is 0.287 e. The van der Waals surface area contributed by atoms with Gasteiger partial charge in [0.25, 0.3) is 11.5 Å². The number of carbonyl (C=O) groups excluding carboxylic acids is 1. The Morgan fingerprint density at radius 3 is 2.90 bits per heavy atom. The van der Waals surface area contributed by atoms with E-state index >= 15 is 0 Å². The van der Waals surface area contributed by atoms with Crippen LogP contribution in [0.25, 0.3) is 5.65 Å². The molecule has 4 aromatic rings. The number of amides is 1. The number of aromatic nitrogens is 4. The highest BCUT2D eigenvalue weighted by Gasteiger charge is 2.11. The van der Waals surface area contributed by atoms with Crippen molar-refractivity contribution in [3.05, 3.63) is 63.2 Å². The molecule has 0 atom stereocenters. The van der Waals surface area contributed by atoms with E-state index in [0.29, 0.717) is 43.1 Å². The van der Waals surface area contributed by atoms with Crippen molar-refractivity contribution in [1.29, 1.82) is 0 Å². The summed E-state index contributed by atoms with van der Waals surface area (Å²) in [6, 6.07) is 9.82. The van der Waals surface area contributed by atoms with Crippen molar-refractivity contribution in [2.45, 2.75) is 17.0 Å². The lowest BCUT2D eigenvalue weighted by Gasteiger charge is -2.05. The Balaban J connectivity index is 1.31. The van der Waals surface area contributed by atoms with Crippen LogP contribution in [0.15, 0.2) is 50.1 Å². The molecule has 4 rings (SSSR count). The predicted molar refractivity (Wildman–Crippen MR) is 114 cm³/mol. The molecule has 1 amide bonds. The fraction of sp³-hybridized carbons (Fsp3) is 0.167. The minimum absolute atomic E-state index is 0.165. The van der Waals surface area contributed by atoms with Crippen molar-refractivity contribution in [3.8, 4) is 5.75 Å². The summed E-state index contributed by atoms with van der Waals surface area (Å²) < 4.78 is 12.4. The molecule has 0 aliphatic rings. The van der Waals surface area contributed by atoms with Crippen LogP contribution >= 0.6 is 34.7 Å². The Labute approximate surface area is 183 Å². The number of hydrogen-bond donors (Lipinski definition) is 1. The summed E-state index contributed by atoms with van der Waals surface area (Å²) in [5.74, 6) is 1.22. The van der Waals surface area contributed by atoms with Crippen molar-refractivity contribution >= 4 is 51.4 Å². The Bertz CT molecular complexity index is 1250. The molecule has 0 saturated heterocycles. The molecular weight excluding hydrogens is 450 g/mol. The molecular formula is C18H14ClN5O4S2. The summed E-state index contributed by atoms with van der Waals surface area (Å²) in [5.41, 5.74) is 0.777. The van der Waals surface area contributed by atoms with E-state index in [1.54, 1.807) is 37.3 Å². The average Bonchev–Trinajstić information content (AvgIpc) is 3.32. The molecule has 0 aliphatic heterocycles. The molecule has 0 radical (unpaired) electrons. The molecule has 0 bridgehead atoms. The fourth-order valence-electron chi connectivity index (χ4n) is 2.44. The van der Waals surface area contributed by atoms with Gasteiger partial charge in [-0.15, -0.1) is 14.8 Å². The number of nitrogens with one attached hydrogen (secondary N) is 1. The number of aryl methyl sites for hydroxylation is 1. The number of thioether (sulfide) groups is 1. The van der Waals surface area contributed by atoms with Gasteiger partial charge in [-0.05, 0) is 31.2 Å². The first-order valence-corrected chi connectivity index (χ1v) is 10.8. The molecule has 12 heteroatoms. The van der Waals surface area contributed by atoms with Gasteiger partial charge in [0.2, 0.25) is 5.13 Å². The maximum absolute atomic E-state index is 12.1. The summed E-state index contributed by atoms with van der Waals surface area (Å²) >= 11 is 8.40. The first kappa shape index (κ1) is 20.4. The highest BCUT2D eigenvalue weighted by molar-refractivity contribution is 8.00. The number of fused-ring (bicyclic) bond motifs is 1. The van der Waals surface area contributed by atoms with Gasteiger partial charge in [0.1, 0.15) is 11.5 Å². The zero-order chi connectivity index (χ0) is 21.1. The second kappa shape index (κ2) is 8.86. The van der Waals surface area contributed by atoms with Crippen molar-refractivity contribution in [2.75, 3.05) is 11.9 Å². The monoisotopic (exact) mass is 463 g/mol. The third kappa shape index (κ3) is 4.99. The molecule has 30 heavy (non-hydrogen) atoms. The van der Waals surface area contributed by atoms with Crippen LogP contribution < -0.4 is 15.6 Å². The number of nitrogens with zero attached hydrogens (tertiary/aromatic N) is 4. The summed E-state index contributed by atoms with van der Waals surface area (Å²) in [4.78, 5) is 28.5. The summed E-state index contributed by atoms with van der Waals surface area (Å²) in [6.07, 6.45) is 0. The van der Waals surface area contributed by atoms with E-state index in [1.807, 2.05) is 0 Å². The van der Waals surface area contributed by atoms with Crippen molar-refractivity contribution in [3.63, 3.8) is 0 Å². The van der Waals surface area contributed by atoms with Crippen LogP contribution in [0.2, 0.25) is 5.02 Å². The molecule has 1 N–H and O–H groups in total. The van der Waals surface area contributed by atoms with E-state index in [-0.39, 0.29) is 18.1 Å². The Morgan fingerprint density at radius 2 is 2.10 bits per heavy atom. The minimum atomic E-state index is -0.354. The number of anilines is 1. The second-order valence-corrected chi connectivity index (χ2v) is 8.67. The molecule has 0 aliphatic carbocycles. The van der Waals surface area contributed by atoms with Crippen molar-refractivity contribution in [2.24, 2.45) is 0 Å². The van der Waals surface area contributed by atoms with Crippen LogP contribution in [0, 0.1) is 6.92 Å². The number of ether oxygens (including phenoxy) is 1. The van der Waals surface area contributed by atoms with E-state index < -0.39 is 0 Å². The van der Waals surface area contributed by atoms with Crippen LogP contribution in [-0.4, -0.2) is 32.3 Å². The first-order valence-electron chi connectivity index (χ1n) is 8.60. The lowest BCUT2D eigenvalue weighted by atomic mass is 10.3. The molecule has 0 unspecified atom stereocenters. The third-order valence-electron chi connectivity index (χ3n) is 3.70. The molecule has 3 heterocycles. The van der Waals surface area contributed by atoms with Gasteiger partial charge in [0.05, 0.1) is 5.69 Å². The van der Waals surface area contributed by atoms with Crippen LogP contribution in [0.5, 0.6) is 5.75 Å². The van der Waals surface area contributed by atoms with Gasteiger partial charge < -0.3 is 9.26 Å². The van der Waals surface area contributed by atoms with E-state index in [2.05, 4.69) is 20.5 Å². The number of carbonyl (C=O) groups is 1. The van der Waals surface area contributed by atoms with Crippen LogP contribution in [0.3, 0.4) is 0 Å². The van der Waals surface area contributed by atoms with Gasteiger partial charge in [-0.3, -0.25) is 14.9 Å². The smallest absolute Gasteiger partial charge is 0.287 e. The number of benzene rings is 1. The quantitative estimate of drug-likeness (QED) is 0.328. The molecule has 0 saturated carbocycles. The van der Waals surface area contributed by atoms with Crippen molar-refractivity contribution in [1.82, 2.24) is 19.8 Å². The number of halogens is 1. The molecule has 1 aromatic carbocycles. The Morgan fingerprint density at radius 1 is 1.30 bits per heavy atom. The van der Waals surface area contributed by atoms with Crippen LogP contribution in [-0.2, 0) is 10.5 Å². The minimum Gasteiger partial charge on any atom is -0.484 e. The zero-order valence-corrected chi connectivity index (χ0v) is 17.9. The SMILES string of the molecule is Cc1cc2nc(CSc3nnc(NC(=O)COc4ccc(Cl)cc4)s3)cc(=O)n2o1. The van der Waals surface area contributed by atoms with Crippen LogP contribution in [0.4, 0.5) is 5.13 Å². The topological polar surface area (TPSA) is 112 Å². The fourth-order valence-corrected chi connectivity index (χ4v) is 4.22. The molecule has 0 spiro atoms. The predicted octanol–water partition coefficient (Wildman–Crippen LogP) is 3.41. The van der Waals surface area contributed by atoms with Crippen molar-refractivity contribution < 1.29 is 14.1 Å². The normalized spacial score (nSPS) is 11.0. The van der Waals surface area contributed by atoms with Gasteiger partial charge >= 0.3 is 0 Å². The van der Waals surface area contributed by atoms with Gasteiger partial charge in [-0.25, -0.2) is 4.98 Å². The van der Waals surface area contributed by atoms with E-state index in [4.69, 9.17) is 20.9 Å². The lowest BCUT2D eigenvalue weighted by molar-refractivity contribution is -0.118. The largest absolute Gasteiger partial charge is 0.484 e. The zero-order valence-electron chi connectivity index (χ0n) is 15.5. The summed E-state index contributed by atoms with van der Waals surface area (Å²) in [5, 5.41) is 11.6.